The van der Waals surface area contributed by atoms with E-state index in [0.29, 0.717) is 5.56 Å². The molecule has 0 spiro atoms. The summed E-state index contributed by atoms with van der Waals surface area (Å²) >= 11 is 0. The van der Waals surface area contributed by atoms with Crippen LogP contribution in [0.5, 0.6) is 0 Å². The molecule has 0 fully saturated rings. The molecule has 64 valence electrons. The van der Waals surface area contributed by atoms with Gasteiger partial charge in [0.15, 0.2) is 0 Å². The van der Waals surface area contributed by atoms with Gasteiger partial charge in [0.05, 0.1) is 0 Å². The fourth-order valence-corrected chi connectivity index (χ4v) is 1.09. The van der Waals surface area contributed by atoms with Gasteiger partial charge in [-0.05, 0) is 0 Å². The third-order valence-corrected chi connectivity index (χ3v) is 1.78. The lowest BCUT2D eigenvalue weighted by Gasteiger charge is -1.94. The largest absolute Gasteiger partial charge is 0.364 e. The summed E-state index contributed by atoms with van der Waals surface area (Å²) in [5, 5.41) is 3.78. The first kappa shape index (κ1) is 7.73. The molecule has 0 saturated heterocycles. The summed E-state index contributed by atoms with van der Waals surface area (Å²) in [5.74, 6) is 0. The van der Waals surface area contributed by atoms with Crippen molar-refractivity contribution in [2.45, 2.75) is 0 Å². The van der Waals surface area contributed by atoms with Gasteiger partial charge in [-0.1, -0.05) is 29.4 Å². The Morgan fingerprint density at radius 1 is 1.15 bits per heavy atom. The minimum Gasteiger partial charge on any atom is -0.364 e. The van der Waals surface area contributed by atoms with Crippen LogP contribution in [0.3, 0.4) is 0 Å². The number of benzene rings is 1. The molecule has 0 saturated carbocycles. The molecule has 0 bridgehead atoms. The monoisotopic (exact) mass is 173 g/mol. The molecule has 2 aromatic rings. The molecule has 0 atom stereocenters. The van der Waals surface area contributed by atoms with Crippen molar-refractivity contribution in [1.29, 1.82) is 0 Å². The predicted molar refractivity (Wildman–Crippen MR) is 47.3 cm³/mol. The molecule has 0 aliphatic heterocycles. The zero-order chi connectivity index (χ0) is 9.10. The van der Waals surface area contributed by atoms with E-state index in [0.717, 1.165) is 17.5 Å². The van der Waals surface area contributed by atoms with Gasteiger partial charge in [0.25, 0.3) is 0 Å². The number of aldehydes is 1. The maximum atomic E-state index is 10.4. The van der Waals surface area contributed by atoms with Gasteiger partial charge in [0, 0.05) is 17.2 Å². The second kappa shape index (κ2) is 3.23. The first-order chi connectivity index (χ1) is 6.40. The molecular weight excluding hydrogens is 166 g/mol. The standard InChI is InChI=1S/C10H7NO2/c12-7-8-1-3-9(4-2-8)10-5-6-13-11-10/h1-7H. The maximum Gasteiger partial charge on any atom is 0.150 e. The normalized spacial score (nSPS) is 9.85. The molecule has 1 aromatic carbocycles. The van der Waals surface area contributed by atoms with E-state index < -0.39 is 0 Å². The van der Waals surface area contributed by atoms with Crippen molar-refractivity contribution in [2.24, 2.45) is 0 Å². The lowest BCUT2D eigenvalue weighted by molar-refractivity contribution is 0.112. The Morgan fingerprint density at radius 3 is 2.46 bits per heavy atom. The van der Waals surface area contributed by atoms with E-state index in [-0.39, 0.29) is 0 Å². The highest BCUT2D eigenvalue weighted by atomic mass is 16.5. The van der Waals surface area contributed by atoms with E-state index in [2.05, 4.69) is 5.16 Å². The van der Waals surface area contributed by atoms with E-state index in [1.165, 1.54) is 6.26 Å². The second-order valence-electron chi connectivity index (χ2n) is 2.62. The summed E-state index contributed by atoms with van der Waals surface area (Å²) in [6.07, 6.45) is 2.33. The Hall–Kier alpha value is -1.90. The number of aromatic nitrogens is 1. The Bertz CT molecular complexity index is 389. The Kier molecular flexibility index (Phi) is 1.92. The van der Waals surface area contributed by atoms with Crippen molar-refractivity contribution in [3.63, 3.8) is 0 Å². The summed E-state index contributed by atoms with van der Waals surface area (Å²) < 4.78 is 4.71. The van der Waals surface area contributed by atoms with Crippen LogP contribution in [0.2, 0.25) is 0 Å². The minimum absolute atomic E-state index is 0.659. The van der Waals surface area contributed by atoms with E-state index in [1.54, 1.807) is 18.2 Å². The molecular formula is C10H7NO2. The van der Waals surface area contributed by atoms with Gasteiger partial charge in [0.2, 0.25) is 0 Å². The minimum atomic E-state index is 0.659. The van der Waals surface area contributed by atoms with Crippen molar-refractivity contribution in [3.8, 4) is 11.3 Å². The molecule has 0 unspecified atom stereocenters. The van der Waals surface area contributed by atoms with Crippen LogP contribution >= 0.6 is 0 Å². The van der Waals surface area contributed by atoms with Gasteiger partial charge in [-0.3, -0.25) is 4.79 Å². The molecule has 3 nitrogen and oxygen atoms in total. The molecule has 1 heterocycles. The van der Waals surface area contributed by atoms with Crippen LogP contribution in [0.4, 0.5) is 0 Å². The van der Waals surface area contributed by atoms with Crippen LogP contribution in [0.25, 0.3) is 11.3 Å². The Balaban J connectivity index is 2.38. The third kappa shape index (κ3) is 1.49. The molecule has 0 N–H and O–H groups in total. The molecule has 2 rings (SSSR count). The van der Waals surface area contributed by atoms with Crippen LogP contribution in [0.1, 0.15) is 10.4 Å². The van der Waals surface area contributed by atoms with Gasteiger partial charge in [-0.15, -0.1) is 0 Å². The molecule has 0 amide bonds. The van der Waals surface area contributed by atoms with Crippen LogP contribution in [0.15, 0.2) is 41.1 Å². The zero-order valence-corrected chi connectivity index (χ0v) is 6.81. The van der Waals surface area contributed by atoms with Crippen molar-refractivity contribution >= 4 is 6.29 Å². The van der Waals surface area contributed by atoms with E-state index >= 15 is 0 Å². The highest BCUT2D eigenvalue weighted by Crippen LogP contribution is 2.16. The highest BCUT2D eigenvalue weighted by Gasteiger charge is 1.99. The molecule has 1 aromatic heterocycles. The van der Waals surface area contributed by atoms with Gasteiger partial charge in [0.1, 0.15) is 18.2 Å². The average molecular weight is 173 g/mol. The molecule has 0 aliphatic rings. The van der Waals surface area contributed by atoms with Crippen LogP contribution in [-0.4, -0.2) is 11.4 Å². The second-order valence-corrected chi connectivity index (χ2v) is 2.62. The van der Waals surface area contributed by atoms with Gasteiger partial charge in [-0.2, -0.15) is 0 Å². The fourth-order valence-electron chi connectivity index (χ4n) is 1.09. The maximum absolute atomic E-state index is 10.4. The Morgan fingerprint density at radius 2 is 1.92 bits per heavy atom. The topological polar surface area (TPSA) is 43.1 Å². The third-order valence-electron chi connectivity index (χ3n) is 1.78. The smallest absolute Gasteiger partial charge is 0.150 e. The molecule has 13 heavy (non-hydrogen) atoms. The van der Waals surface area contributed by atoms with E-state index in [4.69, 9.17) is 4.52 Å². The zero-order valence-electron chi connectivity index (χ0n) is 6.81. The lowest BCUT2D eigenvalue weighted by atomic mass is 10.1. The molecule has 0 radical (unpaired) electrons. The number of hydrogen-bond donors (Lipinski definition) is 0. The van der Waals surface area contributed by atoms with Crippen LogP contribution in [-0.2, 0) is 0 Å². The molecule has 0 aliphatic carbocycles. The summed E-state index contributed by atoms with van der Waals surface area (Å²) in [6, 6.07) is 8.94. The quantitative estimate of drug-likeness (QED) is 0.653. The van der Waals surface area contributed by atoms with Crippen molar-refractivity contribution in [2.75, 3.05) is 0 Å². The number of hydrogen-bond acceptors (Lipinski definition) is 3. The average Bonchev–Trinajstić information content (AvgIpc) is 2.71. The van der Waals surface area contributed by atoms with Gasteiger partial charge < -0.3 is 4.52 Å². The van der Waals surface area contributed by atoms with Gasteiger partial charge >= 0.3 is 0 Å². The summed E-state index contributed by atoms with van der Waals surface area (Å²) in [5.41, 5.74) is 2.38. The summed E-state index contributed by atoms with van der Waals surface area (Å²) in [6.45, 7) is 0. The number of carbonyl (C=O) groups excluding carboxylic acids is 1. The predicted octanol–water partition coefficient (Wildman–Crippen LogP) is 2.15. The van der Waals surface area contributed by atoms with Gasteiger partial charge in [-0.25, -0.2) is 0 Å². The SMILES string of the molecule is O=Cc1ccc(-c2ccon2)cc1. The highest BCUT2D eigenvalue weighted by molar-refractivity contribution is 5.76. The van der Waals surface area contributed by atoms with Crippen molar-refractivity contribution in [3.05, 3.63) is 42.2 Å². The van der Waals surface area contributed by atoms with Crippen molar-refractivity contribution in [1.82, 2.24) is 5.16 Å². The Labute approximate surface area is 75.0 Å². The fraction of sp³-hybridized carbons (Fsp3) is 0. The van der Waals surface area contributed by atoms with Crippen LogP contribution in [0, 0.1) is 0 Å². The van der Waals surface area contributed by atoms with Crippen LogP contribution < -0.4 is 0 Å². The number of carbonyl (C=O) groups is 1. The first-order valence-corrected chi connectivity index (χ1v) is 3.86. The molecule has 3 heteroatoms. The summed E-state index contributed by atoms with van der Waals surface area (Å²) in [4.78, 5) is 10.4. The van der Waals surface area contributed by atoms with Crippen molar-refractivity contribution < 1.29 is 9.32 Å². The lowest BCUT2D eigenvalue weighted by Crippen LogP contribution is -1.80. The first-order valence-electron chi connectivity index (χ1n) is 3.86. The van der Waals surface area contributed by atoms with E-state index in [1.807, 2.05) is 12.1 Å². The number of nitrogens with zero attached hydrogens (tertiary/aromatic N) is 1. The number of rotatable bonds is 2. The summed E-state index contributed by atoms with van der Waals surface area (Å²) in [7, 11) is 0. The van der Waals surface area contributed by atoms with E-state index in [9.17, 15) is 4.79 Å².